The van der Waals surface area contributed by atoms with Crippen LogP contribution in [0, 0.1) is 0 Å². The molecule has 16 heavy (non-hydrogen) atoms. The van der Waals surface area contributed by atoms with Gasteiger partial charge in [-0.3, -0.25) is 4.79 Å². The molecule has 0 N–H and O–H groups in total. The quantitative estimate of drug-likeness (QED) is 0.723. The van der Waals surface area contributed by atoms with Crippen molar-refractivity contribution in [3.05, 3.63) is 23.8 Å². The molecule has 0 radical (unpaired) electrons. The van der Waals surface area contributed by atoms with Crippen LogP contribution >= 0.6 is 0 Å². The first-order chi connectivity index (χ1) is 7.75. The summed E-state index contributed by atoms with van der Waals surface area (Å²) in [5.41, 5.74) is 2.42. The number of benzene rings is 1. The summed E-state index contributed by atoms with van der Waals surface area (Å²) >= 11 is 0. The molecule has 1 saturated carbocycles. The summed E-state index contributed by atoms with van der Waals surface area (Å²) in [6.45, 7) is 0.522. The third-order valence-electron chi connectivity index (χ3n) is 3.11. The third-order valence-corrected chi connectivity index (χ3v) is 3.11. The molecule has 0 spiro atoms. The van der Waals surface area contributed by atoms with Crippen LogP contribution in [0.5, 0.6) is 0 Å². The van der Waals surface area contributed by atoms with Gasteiger partial charge in [0.05, 0.1) is 5.52 Å². The van der Waals surface area contributed by atoms with Crippen LogP contribution in [-0.2, 0) is 22.2 Å². The molecule has 0 amide bonds. The van der Waals surface area contributed by atoms with Crippen molar-refractivity contribution >= 4 is 17.5 Å². The molecule has 0 atom stereocenters. The summed E-state index contributed by atoms with van der Waals surface area (Å²) < 4.78 is 6.87. The molecule has 2 aromatic rings. The van der Waals surface area contributed by atoms with Crippen molar-refractivity contribution in [2.45, 2.75) is 18.4 Å². The molecule has 5 heteroatoms. The predicted octanol–water partition coefficient (Wildman–Crippen LogP) is 1.13. The summed E-state index contributed by atoms with van der Waals surface area (Å²) in [5.74, 6) is 0. The predicted molar refractivity (Wildman–Crippen MR) is 56.6 cm³/mol. The SMILES string of the molecule is Cn1nnc2cc(C3(OC=O)CC3)ccc21. The molecule has 1 heterocycles. The van der Waals surface area contributed by atoms with Crippen molar-refractivity contribution in [1.82, 2.24) is 15.0 Å². The van der Waals surface area contributed by atoms with E-state index in [9.17, 15) is 4.79 Å². The van der Waals surface area contributed by atoms with Crippen LogP contribution in [0.4, 0.5) is 0 Å². The fourth-order valence-electron chi connectivity index (χ4n) is 2.00. The van der Waals surface area contributed by atoms with Gasteiger partial charge in [0, 0.05) is 7.05 Å². The standard InChI is InChI=1S/C11H11N3O2/c1-14-10-3-2-8(6-9(10)12-13-14)11(4-5-11)16-7-15/h2-3,6-7H,4-5H2,1H3. The Kier molecular flexibility index (Phi) is 1.77. The number of ether oxygens (including phenoxy) is 1. The second kappa shape index (κ2) is 3.04. The summed E-state index contributed by atoms with van der Waals surface area (Å²) in [5, 5.41) is 7.99. The lowest BCUT2D eigenvalue weighted by molar-refractivity contribution is -0.136. The Labute approximate surface area is 92.0 Å². The molecule has 1 aliphatic rings. The van der Waals surface area contributed by atoms with Crippen molar-refractivity contribution in [3.63, 3.8) is 0 Å². The lowest BCUT2D eigenvalue weighted by Crippen LogP contribution is -2.10. The summed E-state index contributed by atoms with van der Waals surface area (Å²) in [6, 6.07) is 5.87. The molecule has 1 fully saturated rings. The third kappa shape index (κ3) is 1.21. The number of fused-ring (bicyclic) bond motifs is 1. The molecule has 5 nitrogen and oxygen atoms in total. The Morgan fingerprint density at radius 3 is 3.00 bits per heavy atom. The molecule has 1 aromatic carbocycles. The number of carbonyl (C=O) groups excluding carboxylic acids is 1. The van der Waals surface area contributed by atoms with Gasteiger partial charge in [0.1, 0.15) is 11.1 Å². The van der Waals surface area contributed by atoms with Gasteiger partial charge in [-0.05, 0) is 30.5 Å². The molecular formula is C11H11N3O2. The maximum absolute atomic E-state index is 10.4. The minimum absolute atomic E-state index is 0.395. The fourth-order valence-corrected chi connectivity index (χ4v) is 2.00. The Balaban J connectivity index is 2.08. The van der Waals surface area contributed by atoms with Gasteiger partial charge < -0.3 is 4.74 Å². The zero-order valence-electron chi connectivity index (χ0n) is 8.88. The normalized spacial score (nSPS) is 17.3. The lowest BCUT2D eigenvalue weighted by Gasteiger charge is -2.13. The highest BCUT2D eigenvalue weighted by Crippen LogP contribution is 2.49. The largest absolute Gasteiger partial charge is 0.456 e. The molecule has 0 aliphatic heterocycles. The molecular weight excluding hydrogens is 206 g/mol. The van der Waals surface area contributed by atoms with E-state index in [1.54, 1.807) is 4.68 Å². The van der Waals surface area contributed by atoms with Crippen LogP contribution in [-0.4, -0.2) is 21.5 Å². The van der Waals surface area contributed by atoms with Gasteiger partial charge in [0.25, 0.3) is 6.47 Å². The van der Waals surface area contributed by atoms with Crippen LogP contribution in [0.3, 0.4) is 0 Å². The molecule has 0 saturated heterocycles. The van der Waals surface area contributed by atoms with Crippen LogP contribution in [0.2, 0.25) is 0 Å². The second-order valence-corrected chi connectivity index (χ2v) is 4.12. The minimum Gasteiger partial charge on any atom is -0.456 e. The fraction of sp³-hybridized carbons (Fsp3) is 0.364. The number of aromatic nitrogens is 3. The summed E-state index contributed by atoms with van der Waals surface area (Å²) in [4.78, 5) is 10.4. The molecule has 3 rings (SSSR count). The minimum atomic E-state index is -0.395. The number of nitrogens with zero attached hydrogens (tertiary/aromatic N) is 3. The van der Waals surface area contributed by atoms with E-state index in [0.29, 0.717) is 6.47 Å². The van der Waals surface area contributed by atoms with E-state index >= 15 is 0 Å². The highest BCUT2D eigenvalue weighted by atomic mass is 16.5. The molecule has 0 bridgehead atoms. The van der Waals surface area contributed by atoms with E-state index in [1.165, 1.54) is 0 Å². The smallest absolute Gasteiger partial charge is 0.293 e. The number of aryl methyl sites for hydroxylation is 1. The topological polar surface area (TPSA) is 57.0 Å². The number of hydrogen-bond acceptors (Lipinski definition) is 4. The summed E-state index contributed by atoms with van der Waals surface area (Å²) in [6.07, 6.45) is 1.77. The van der Waals surface area contributed by atoms with Crippen molar-refractivity contribution in [2.24, 2.45) is 7.05 Å². The van der Waals surface area contributed by atoms with E-state index in [1.807, 2.05) is 25.2 Å². The highest BCUT2D eigenvalue weighted by molar-refractivity contribution is 5.75. The lowest BCUT2D eigenvalue weighted by atomic mass is 10.1. The van der Waals surface area contributed by atoms with Crippen molar-refractivity contribution in [3.8, 4) is 0 Å². The van der Waals surface area contributed by atoms with Gasteiger partial charge in [-0.15, -0.1) is 5.10 Å². The summed E-state index contributed by atoms with van der Waals surface area (Å²) in [7, 11) is 1.85. The van der Waals surface area contributed by atoms with Gasteiger partial charge in [0.2, 0.25) is 0 Å². The second-order valence-electron chi connectivity index (χ2n) is 4.12. The first-order valence-corrected chi connectivity index (χ1v) is 5.17. The van der Waals surface area contributed by atoms with Crippen molar-refractivity contribution in [1.29, 1.82) is 0 Å². The van der Waals surface area contributed by atoms with Crippen LogP contribution in [0.25, 0.3) is 11.0 Å². The van der Waals surface area contributed by atoms with Crippen LogP contribution < -0.4 is 0 Å². The average Bonchev–Trinajstić information content (AvgIpc) is 2.99. The van der Waals surface area contributed by atoms with Crippen molar-refractivity contribution < 1.29 is 9.53 Å². The first kappa shape index (κ1) is 9.33. The van der Waals surface area contributed by atoms with E-state index in [2.05, 4.69) is 10.3 Å². The Bertz CT molecular complexity index is 557. The number of hydrogen-bond donors (Lipinski definition) is 0. The maximum atomic E-state index is 10.4. The highest BCUT2D eigenvalue weighted by Gasteiger charge is 2.47. The molecule has 0 unspecified atom stereocenters. The van der Waals surface area contributed by atoms with Gasteiger partial charge in [-0.2, -0.15) is 0 Å². The molecule has 1 aliphatic carbocycles. The van der Waals surface area contributed by atoms with E-state index in [0.717, 1.165) is 29.4 Å². The Hall–Kier alpha value is -1.91. The average molecular weight is 217 g/mol. The van der Waals surface area contributed by atoms with Crippen LogP contribution in [0.1, 0.15) is 18.4 Å². The number of carbonyl (C=O) groups is 1. The van der Waals surface area contributed by atoms with E-state index in [-0.39, 0.29) is 0 Å². The molecule has 82 valence electrons. The Morgan fingerprint density at radius 1 is 1.50 bits per heavy atom. The Morgan fingerprint density at radius 2 is 2.31 bits per heavy atom. The van der Waals surface area contributed by atoms with E-state index < -0.39 is 5.60 Å². The van der Waals surface area contributed by atoms with Gasteiger partial charge in [0.15, 0.2) is 0 Å². The monoisotopic (exact) mass is 217 g/mol. The first-order valence-electron chi connectivity index (χ1n) is 5.17. The number of rotatable bonds is 3. The van der Waals surface area contributed by atoms with E-state index in [4.69, 9.17) is 4.74 Å². The van der Waals surface area contributed by atoms with Gasteiger partial charge in [-0.1, -0.05) is 11.3 Å². The van der Waals surface area contributed by atoms with Crippen LogP contribution in [0.15, 0.2) is 18.2 Å². The zero-order valence-corrected chi connectivity index (χ0v) is 8.88. The van der Waals surface area contributed by atoms with Gasteiger partial charge >= 0.3 is 0 Å². The molecule has 1 aromatic heterocycles. The zero-order chi connectivity index (χ0) is 11.2. The maximum Gasteiger partial charge on any atom is 0.293 e. The van der Waals surface area contributed by atoms with Crippen molar-refractivity contribution in [2.75, 3.05) is 0 Å². The van der Waals surface area contributed by atoms with Gasteiger partial charge in [-0.25, -0.2) is 4.68 Å².